The maximum atomic E-state index is 11.9. The summed E-state index contributed by atoms with van der Waals surface area (Å²) < 4.78 is 5.00. The summed E-state index contributed by atoms with van der Waals surface area (Å²) in [4.78, 5) is 11.9. The molecule has 1 aromatic rings. The van der Waals surface area contributed by atoms with E-state index < -0.39 is 5.54 Å². The van der Waals surface area contributed by atoms with Crippen LogP contribution in [0, 0.1) is 0 Å². The average Bonchev–Trinajstić information content (AvgIpc) is 2.29. The summed E-state index contributed by atoms with van der Waals surface area (Å²) >= 11 is 0. The van der Waals surface area contributed by atoms with Gasteiger partial charge in [-0.3, -0.25) is 4.79 Å². The Morgan fingerprint density at radius 1 is 1.53 bits per heavy atom. The summed E-state index contributed by atoms with van der Waals surface area (Å²) in [7, 11) is 1.50. The average molecular weight is 238 g/mol. The first-order valence-electron chi connectivity index (χ1n) is 5.29. The molecule has 0 aliphatic carbocycles. The largest absolute Gasteiger partial charge is 0.507 e. The summed E-state index contributed by atoms with van der Waals surface area (Å²) in [5, 5.41) is 12.4. The Morgan fingerprint density at radius 3 is 2.71 bits per heavy atom. The van der Waals surface area contributed by atoms with Crippen molar-refractivity contribution in [2.24, 2.45) is 5.73 Å². The lowest BCUT2D eigenvalue weighted by molar-refractivity contribution is 0.0912. The molecule has 0 unspecified atom stereocenters. The summed E-state index contributed by atoms with van der Waals surface area (Å²) in [6.45, 7) is 3.92. The van der Waals surface area contributed by atoms with Gasteiger partial charge in [-0.15, -0.1) is 0 Å². The van der Waals surface area contributed by atoms with E-state index in [1.165, 1.54) is 19.2 Å². The molecule has 0 spiro atoms. The van der Waals surface area contributed by atoms with E-state index in [1.807, 2.05) is 13.8 Å². The van der Waals surface area contributed by atoms with Crippen molar-refractivity contribution in [3.63, 3.8) is 0 Å². The van der Waals surface area contributed by atoms with Crippen LogP contribution in [-0.4, -0.2) is 30.2 Å². The van der Waals surface area contributed by atoms with E-state index in [-0.39, 0.29) is 17.2 Å². The number of benzene rings is 1. The van der Waals surface area contributed by atoms with E-state index >= 15 is 0 Å². The third-order valence-corrected chi connectivity index (χ3v) is 2.41. The van der Waals surface area contributed by atoms with E-state index in [1.54, 1.807) is 6.07 Å². The zero-order valence-electron chi connectivity index (χ0n) is 10.3. The number of carbonyl (C=O) groups excluding carboxylic acids is 1. The third kappa shape index (κ3) is 3.35. The lowest BCUT2D eigenvalue weighted by atomic mass is 10.0. The van der Waals surface area contributed by atoms with Gasteiger partial charge >= 0.3 is 0 Å². The van der Waals surface area contributed by atoms with Crippen molar-refractivity contribution in [1.82, 2.24) is 5.32 Å². The van der Waals surface area contributed by atoms with Crippen LogP contribution >= 0.6 is 0 Å². The Hall–Kier alpha value is -1.75. The van der Waals surface area contributed by atoms with Crippen LogP contribution in [0.25, 0.3) is 0 Å². The van der Waals surface area contributed by atoms with Crippen LogP contribution in [0.1, 0.15) is 24.2 Å². The predicted molar refractivity (Wildman–Crippen MR) is 65.3 cm³/mol. The topological polar surface area (TPSA) is 84.6 Å². The van der Waals surface area contributed by atoms with Crippen LogP contribution in [0.5, 0.6) is 11.5 Å². The SMILES string of the molecule is COc1ccc(O)c(C(=O)NC(C)(C)CN)c1. The Morgan fingerprint density at radius 2 is 2.18 bits per heavy atom. The lowest BCUT2D eigenvalue weighted by Crippen LogP contribution is -2.48. The molecule has 4 N–H and O–H groups in total. The Kier molecular flexibility index (Phi) is 3.96. The number of hydrogen-bond donors (Lipinski definition) is 3. The first-order valence-corrected chi connectivity index (χ1v) is 5.29. The fraction of sp³-hybridized carbons (Fsp3) is 0.417. The molecule has 17 heavy (non-hydrogen) atoms. The first kappa shape index (κ1) is 13.3. The minimum absolute atomic E-state index is 0.0869. The summed E-state index contributed by atoms with van der Waals surface area (Å²) in [5.74, 6) is 0.0477. The van der Waals surface area contributed by atoms with Crippen LogP contribution in [0.15, 0.2) is 18.2 Å². The molecule has 0 radical (unpaired) electrons. The number of ether oxygens (including phenoxy) is 1. The number of amides is 1. The summed E-state index contributed by atoms with van der Waals surface area (Å²) in [5.41, 5.74) is 5.18. The number of nitrogens with one attached hydrogen (secondary N) is 1. The van der Waals surface area contributed by atoms with Crippen LogP contribution in [-0.2, 0) is 0 Å². The fourth-order valence-electron chi connectivity index (χ4n) is 1.25. The van der Waals surface area contributed by atoms with Gasteiger partial charge in [-0.2, -0.15) is 0 Å². The van der Waals surface area contributed by atoms with Crippen molar-refractivity contribution in [1.29, 1.82) is 0 Å². The quantitative estimate of drug-likeness (QED) is 0.726. The molecular weight excluding hydrogens is 220 g/mol. The summed E-state index contributed by atoms with van der Waals surface area (Å²) in [6.07, 6.45) is 0. The molecule has 5 heteroatoms. The Bertz CT molecular complexity index is 416. The Labute approximate surface area is 101 Å². The number of hydrogen-bond acceptors (Lipinski definition) is 4. The third-order valence-electron chi connectivity index (χ3n) is 2.41. The smallest absolute Gasteiger partial charge is 0.255 e. The number of carbonyl (C=O) groups is 1. The molecule has 1 rings (SSSR count). The molecule has 0 aliphatic heterocycles. The zero-order chi connectivity index (χ0) is 13.1. The maximum Gasteiger partial charge on any atom is 0.255 e. The van der Waals surface area contributed by atoms with Gasteiger partial charge in [0.2, 0.25) is 0 Å². The highest BCUT2D eigenvalue weighted by Crippen LogP contribution is 2.23. The molecule has 0 atom stereocenters. The van der Waals surface area contributed by atoms with Crippen LogP contribution in [0.4, 0.5) is 0 Å². The fourth-order valence-corrected chi connectivity index (χ4v) is 1.25. The summed E-state index contributed by atoms with van der Waals surface area (Å²) in [6, 6.07) is 4.49. The van der Waals surface area contributed by atoms with Gasteiger partial charge in [0.1, 0.15) is 11.5 Å². The lowest BCUT2D eigenvalue weighted by Gasteiger charge is -2.24. The number of rotatable bonds is 4. The van der Waals surface area contributed by atoms with Crippen LogP contribution in [0.2, 0.25) is 0 Å². The first-order chi connectivity index (χ1) is 7.89. The number of phenols is 1. The number of methoxy groups -OCH3 is 1. The minimum atomic E-state index is -0.521. The molecular formula is C12H18N2O3. The Balaban J connectivity index is 2.96. The van der Waals surface area contributed by atoms with Crippen molar-refractivity contribution >= 4 is 5.91 Å². The second-order valence-electron chi connectivity index (χ2n) is 4.43. The highest BCUT2D eigenvalue weighted by molar-refractivity contribution is 5.97. The molecule has 0 bridgehead atoms. The van der Waals surface area contributed by atoms with Crippen molar-refractivity contribution in [2.45, 2.75) is 19.4 Å². The standard InChI is InChI=1S/C12H18N2O3/c1-12(2,7-13)14-11(16)9-6-8(17-3)4-5-10(9)15/h4-6,15H,7,13H2,1-3H3,(H,14,16). The second-order valence-corrected chi connectivity index (χ2v) is 4.43. The van der Waals surface area contributed by atoms with Gasteiger partial charge in [-0.1, -0.05) is 0 Å². The van der Waals surface area contributed by atoms with E-state index in [9.17, 15) is 9.90 Å². The van der Waals surface area contributed by atoms with Crippen LogP contribution in [0.3, 0.4) is 0 Å². The van der Waals surface area contributed by atoms with Crippen LogP contribution < -0.4 is 15.8 Å². The van der Waals surface area contributed by atoms with Gasteiger partial charge in [0.15, 0.2) is 0 Å². The molecule has 5 nitrogen and oxygen atoms in total. The van der Waals surface area contributed by atoms with Gasteiger partial charge in [0.25, 0.3) is 5.91 Å². The van der Waals surface area contributed by atoms with Gasteiger partial charge in [-0.05, 0) is 32.0 Å². The van der Waals surface area contributed by atoms with E-state index in [4.69, 9.17) is 10.5 Å². The highest BCUT2D eigenvalue weighted by Gasteiger charge is 2.21. The molecule has 0 saturated heterocycles. The number of aromatic hydroxyl groups is 1. The van der Waals surface area contributed by atoms with E-state index in [2.05, 4.69) is 5.32 Å². The number of phenolic OH excluding ortho intramolecular Hbond substituents is 1. The van der Waals surface area contributed by atoms with Crippen molar-refractivity contribution in [3.8, 4) is 11.5 Å². The normalized spacial score (nSPS) is 11.1. The molecule has 0 heterocycles. The number of nitrogens with two attached hydrogens (primary N) is 1. The molecule has 0 saturated carbocycles. The molecule has 94 valence electrons. The zero-order valence-corrected chi connectivity index (χ0v) is 10.3. The molecule has 1 aromatic carbocycles. The molecule has 0 aromatic heterocycles. The van der Waals surface area contributed by atoms with E-state index in [0.717, 1.165) is 0 Å². The van der Waals surface area contributed by atoms with E-state index in [0.29, 0.717) is 12.3 Å². The molecule has 1 amide bonds. The molecule has 0 fully saturated rings. The minimum Gasteiger partial charge on any atom is -0.507 e. The predicted octanol–water partition coefficient (Wildman–Crippen LogP) is 0.868. The van der Waals surface area contributed by atoms with Gasteiger partial charge in [0, 0.05) is 12.1 Å². The van der Waals surface area contributed by atoms with Crippen molar-refractivity contribution < 1.29 is 14.6 Å². The highest BCUT2D eigenvalue weighted by atomic mass is 16.5. The van der Waals surface area contributed by atoms with Gasteiger partial charge in [-0.25, -0.2) is 0 Å². The molecule has 0 aliphatic rings. The van der Waals surface area contributed by atoms with Crippen molar-refractivity contribution in [3.05, 3.63) is 23.8 Å². The van der Waals surface area contributed by atoms with Gasteiger partial charge in [0.05, 0.1) is 12.7 Å². The van der Waals surface area contributed by atoms with Gasteiger partial charge < -0.3 is 20.9 Å². The van der Waals surface area contributed by atoms with Crippen molar-refractivity contribution in [2.75, 3.05) is 13.7 Å². The monoisotopic (exact) mass is 238 g/mol. The maximum absolute atomic E-state index is 11.9. The second kappa shape index (κ2) is 5.05.